The van der Waals surface area contributed by atoms with E-state index in [1.807, 2.05) is 77.7 Å². The highest BCUT2D eigenvalue weighted by Gasteiger charge is 2.52. The number of halogens is 1. The summed E-state index contributed by atoms with van der Waals surface area (Å²) in [5.74, 6) is 1.53. The number of fused-ring (bicyclic) bond motifs is 5. The lowest BCUT2D eigenvalue weighted by Crippen LogP contribution is -2.57. The van der Waals surface area contributed by atoms with E-state index < -0.39 is 0 Å². The molecule has 0 bridgehead atoms. The first-order chi connectivity index (χ1) is 12.7. The highest BCUT2D eigenvalue weighted by atomic mass is 35.5. The van der Waals surface area contributed by atoms with Crippen molar-refractivity contribution in [3.63, 3.8) is 0 Å². The standard InChI is InChI=1S/C21H14ClNO2S/c22-13-10-11-17-15(12-13)19-20(26-14-6-2-1-3-7-14)21(24)23(19)16-8-4-5-9-18(16)25-17/h1-12,19-20H/t19-,20-/m0/s1. The van der Waals surface area contributed by atoms with Crippen LogP contribution in [0.4, 0.5) is 5.69 Å². The molecule has 0 unspecified atom stereocenters. The number of carbonyl (C=O) groups excluding carboxylic acids is 1. The molecule has 128 valence electrons. The molecule has 0 N–H and O–H groups in total. The fourth-order valence-corrected chi connectivity index (χ4v) is 4.90. The summed E-state index contributed by atoms with van der Waals surface area (Å²) in [4.78, 5) is 15.9. The maximum Gasteiger partial charge on any atom is 0.243 e. The van der Waals surface area contributed by atoms with Gasteiger partial charge in [0.25, 0.3) is 0 Å². The zero-order valence-corrected chi connectivity index (χ0v) is 15.2. The monoisotopic (exact) mass is 379 g/mol. The van der Waals surface area contributed by atoms with Gasteiger partial charge in [0.1, 0.15) is 11.0 Å². The largest absolute Gasteiger partial charge is 0.455 e. The topological polar surface area (TPSA) is 29.5 Å². The third-order valence-corrected chi connectivity index (χ3v) is 6.18. The Morgan fingerprint density at radius 3 is 2.54 bits per heavy atom. The van der Waals surface area contributed by atoms with E-state index in [4.69, 9.17) is 16.3 Å². The minimum absolute atomic E-state index is 0.0905. The third-order valence-electron chi connectivity index (χ3n) is 4.69. The van der Waals surface area contributed by atoms with Crippen LogP contribution in [0.25, 0.3) is 0 Å². The normalized spacial score (nSPS) is 20.2. The van der Waals surface area contributed by atoms with E-state index in [1.165, 1.54) is 0 Å². The molecule has 0 aliphatic carbocycles. The van der Waals surface area contributed by atoms with Gasteiger partial charge < -0.3 is 4.74 Å². The first-order valence-corrected chi connectivity index (χ1v) is 9.59. The summed E-state index contributed by atoms with van der Waals surface area (Å²) in [5.41, 5.74) is 1.75. The van der Waals surface area contributed by atoms with E-state index in [1.54, 1.807) is 11.8 Å². The molecule has 0 saturated carbocycles. The van der Waals surface area contributed by atoms with Gasteiger partial charge >= 0.3 is 0 Å². The van der Waals surface area contributed by atoms with E-state index >= 15 is 0 Å². The van der Waals surface area contributed by atoms with Crippen LogP contribution in [0.1, 0.15) is 11.6 Å². The average Bonchev–Trinajstić information content (AvgIpc) is 2.79. The van der Waals surface area contributed by atoms with Crippen molar-refractivity contribution in [2.75, 3.05) is 4.90 Å². The van der Waals surface area contributed by atoms with Crippen LogP contribution in [0.3, 0.4) is 0 Å². The summed E-state index contributed by atoms with van der Waals surface area (Å²) >= 11 is 7.84. The molecule has 0 aromatic heterocycles. The Hall–Kier alpha value is -2.43. The predicted molar refractivity (Wildman–Crippen MR) is 104 cm³/mol. The molecular weight excluding hydrogens is 366 g/mol. The number of ether oxygens (including phenoxy) is 1. The van der Waals surface area contributed by atoms with Crippen LogP contribution in [0.15, 0.2) is 77.7 Å². The molecular formula is C21H14ClNO2S. The van der Waals surface area contributed by atoms with Crippen molar-refractivity contribution in [2.45, 2.75) is 16.2 Å². The third kappa shape index (κ3) is 2.41. The lowest BCUT2D eigenvalue weighted by Gasteiger charge is -2.46. The van der Waals surface area contributed by atoms with Crippen molar-refractivity contribution >= 4 is 35.0 Å². The molecule has 1 amide bonds. The number of hydrogen-bond acceptors (Lipinski definition) is 3. The van der Waals surface area contributed by atoms with Crippen LogP contribution in [0, 0.1) is 0 Å². The molecule has 1 fully saturated rings. The molecule has 3 aromatic rings. The number of amides is 1. The Bertz CT molecular complexity index is 1010. The molecule has 5 heteroatoms. The number of nitrogens with zero attached hydrogens (tertiary/aromatic N) is 1. The number of β-lactam (4-membered cyclic amide) rings is 1. The molecule has 0 spiro atoms. The molecule has 26 heavy (non-hydrogen) atoms. The van der Waals surface area contributed by atoms with Crippen molar-refractivity contribution < 1.29 is 9.53 Å². The zero-order valence-electron chi connectivity index (χ0n) is 13.6. The zero-order chi connectivity index (χ0) is 17.7. The molecule has 5 rings (SSSR count). The molecule has 2 aliphatic heterocycles. The summed E-state index contributed by atoms with van der Waals surface area (Å²) < 4.78 is 6.12. The summed E-state index contributed by atoms with van der Waals surface area (Å²) in [6, 6.07) is 23.2. The second kappa shape index (κ2) is 6.08. The van der Waals surface area contributed by atoms with Gasteiger partial charge in [-0.25, -0.2) is 0 Å². The number of thioether (sulfide) groups is 1. The van der Waals surface area contributed by atoms with Crippen molar-refractivity contribution in [1.29, 1.82) is 0 Å². The molecule has 3 aromatic carbocycles. The highest BCUT2D eigenvalue weighted by molar-refractivity contribution is 8.00. The van der Waals surface area contributed by atoms with Gasteiger partial charge in [-0.3, -0.25) is 9.69 Å². The maximum absolute atomic E-state index is 13.0. The number of para-hydroxylation sites is 2. The fourth-order valence-electron chi connectivity index (χ4n) is 3.50. The molecule has 2 atom stereocenters. The average molecular weight is 380 g/mol. The van der Waals surface area contributed by atoms with Crippen molar-refractivity contribution in [1.82, 2.24) is 0 Å². The lowest BCUT2D eigenvalue weighted by atomic mass is 9.92. The van der Waals surface area contributed by atoms with E-state index in [9.17, 15) is 4.79 Å². The van der Waals surface area contributed by atoms with Crippen LogP contribution in [-0.4, -0.2) is 11.2 Å². The number of anilines is 1. The number of benzene rings is 3. The second-order valence-corrected chi connectivity index (χ2v) is 7.91. The molecule has 2 aliphatic rings. The minimum Gasteiger partial charge on any atom is -0.455 e. The number of rotatable bonds is 2. The van der Waals surface area contributed by atoms with Gasteiger partial charge in [0, 0.05) is 15.5 Å². The van der Waals surface area contributed by atoms with Gasteiger partial charge in [0.05, 0.1) is 11.7 Å². The second-order valence-electron chi connectivity index (χ2n) is 6.26. The van der Waals surface area contributed by atoms with E-state index in [2.05, 4.69) is 0 Å². The van der Waals surface area contributed by atoms with Crippen molar-refractivity contribution in [2.24, 2.45) is 0 Å². The Morgan fingerprint density at radius 2 is 1.69 bits per heavy atom. The Labute approximate surface area is 160 Å². The summed E-state index contributed by atoms with van der Waals surface area (Å²) in [6.07, 6.45) is 0. The smallest absolute Gasteiger partial charge is 0.243 e. The van der Waals surface area contributed by atoms with E-state index in [0.29, 0.717) is 10.8 Å². The van der Waals surface area contributed by atoms with Crippen LogP contribution in [-0.2, 0) is 4.79 Å². The minimum atomic E-state index is -0.204. The highest BCUT2D eigenvalue weighted by Crippen LogP contribution is 2.54. The molecule has 3 nitrogen and oxygen atoms in total. The SMILES string of the molecule is O=C1[C@@H](Sc2ccccc2)[C@@H]2c3cc(Cl)ccc3Oc3ccccc3N12. The van der Waals surface area contributed by atoms with Gasteiger partial charge in [-0.15, -0.1) is 11.8 Å². The first kappa shape index (κ1) is 15.8. The first-order valence-electron chi connectivity index (χ1n) is 8.33. The fraction of sp³-hybridized carbons (Fsp3) is 0.0952. The van der Waals surface area contributed by atoms with Crippen molar-refractivity contribution in [3.05, 3.63) is 83.4 Å². The predicted octanol–water partition coefficient (Wildman–Crippen LogP) is 5.69. The van der Waals surface area contributed by atoms with Gasteiger partial charge in [0.15, 0.2) is 5.75 Å². The Morgan fingerprint density at radius 1 is 0.923 bits per heavy atom. The number of carbonyl (C=O) groups is 1. The van der Waals surface area contributed by atoms with Crippen LogP contribution < -0.4 is 9.64 Å². The molecule has 2 heterocycles. The molecule has 0 radical (unpaired) electrons. The quantitative estimate of drug-likeness (QED) is 0.535. The van der Waals surface area contributed by atoms with Crippen LogP contribution in [0.5, 0.6) is 11.5 Å². The maximum atomic E-state index is 13.0. The molecule has 1 saturated heterocycles. The lowest BCUT2D eigenvalue weighted by molar-refractivity contribution is -0.123. The number of hydrogen-bond donors (Lipinski definition) is 0. The summed E-state index contributed by atoms with van der Waals surface area (Å²) in [6.45, 7) is 0. The van der Waals surface area contributed by atoms with Crippen LogP contribution >= 0.6 is 23.4 Å². The van der Waals surface area contributed by atoms with Gasteiger partial charge in [-0.05, 0) is 42.5 Å². The summed E-state index contributed by atoms with van der Waals surface area (Å²) in [5, 5.41) is 0.436. The summed E-state index contributed by atoms with van der Waals surface area (Å²) in [7, 11) is 0. The van der Waals surface area contributed by atoms with Crippen LogP contribution in [0.2, 0.25) is 5.02 Å². The van der Waals surface area contributed by atoms with Gasteiger partial charge in [0.2, 0.25) is 5.91 Å². The van der Waals surface area contributed by atoms with Gasteiger partial charge in [-0.2, -0.15) is 0 Å². The van der Waals surface area contributed by atoms with E-state index in [0.717, 1.165) is 21.9 Å². The Balaban J connectivity index is 1.63. The van der Waals surface area contributed by atoms with Gasteiger partial charge in [-0.1, -0.05) is 41.9 Å². The van der Waals surface area contributed by atoms with E-state index in [-0.39, 0.29) is 17.2 Å². The van der Waals surface area contributed by atoms with Crippen molar-refractivity contribution in [3.8, 4) is 11.5 Å². The Kier molecular flexibility index (Phi) is 3.69.